The number of aromatic hydroxyl groups is 1. The van der Waals surface area contributed by atoms with Crippen LogP contribution in [0.4, 0.5) is 17.2 Å². The highest BCUT2D eigenvalue weighted by atomic mass is 35.5. The second-order valence-electron chi connectivity index (χ2n) is 19.3. The summed E-state index contributed by atoms with van der Waals surface area (Å²) < 4.78 is 17.9. The zero-order chi connectivity index (χ0) is 62.3. The summed E-state index contributed by atoms with van der Waals surface area (Å²) >= 11 is 16.9. The fourth-order valence-electron chi connectivity index (χ4n) is 7.23. The molecule has 0 bridgehead atoms. The van der Waals surface area contributed by atoms with Crippen molar-refractivity contribution in [3.05, 3.63) is 200 Å². The van der Waals surface area contributed by atoms with Gasteiger partial charge < -0.3 is 45.6 Å². The lowest BCUT2D eigenvalue weighted by Gasteiger charge is -2.17. The first-order valence-electron chi connectivity index (χ1n) is 26.2. The van der Waals surface area contributed by atoms with Crippen molar-refractivity contribution in [3.63, 3.8) is 0 Å². The normalized spacial score (nSPS) is 10.3. The molecule has 0 aliphatic carbocycles. The number of para-hydroxylation sites is 2. The van der Waals surface area contributed by atoms with E-state index in [1.807, 2.05) is 87.5 Å². The van der Waals surface area contributed by atoms with Crippen LogP contribution in [-0.4, -0.2) is 141 Å². The van der Waals surface area contributed by atoms with E-state index in [2.05, 4.69) is 60.7 Å². The first-order valence-corrected chi connectivity index (χ1v) is 32.2. The number of aryl methyl sites for hydroxylation is 3. The van der Waals surface area contributed by atoms with Crippen LogP contribution in [0.25, 0.3) is 0 Å². The molecule has 19 nitrogen and oxygen atoms in total. The molecular formula is C61H75Cl4N11O8P2. The number of benzene rings is 5. The van der Waals surface area contributed by atoms with Crippen LogP contribution < -0.4 is 26.4 Å². The van der Waals surface area contributed by atoms with E-state index in [9.17, 15) is 24.1 Å². The standard InChI is InChI=1S/C23H27N4O2P.C14H14ClN3O2.C11H15NO3.C8H12NP.C5H4Cl2N2.ClH.H2O/c1-16-24-19(14-17-8-6-7-9-21(17)23(28)27(2)3)15-22(25-16)26-18-10-12-20(13-11-18)30(4,5)29;1-9-16-12(15)8-13(17-9)20-11-7-5-4-6-10(11)14(19)18(2)3;1-3-12(4-2)15-11(14)9-7-5-6-8-10(9)13;1-10(2)8-5-3-7(9)4-6-8;1-3-8-4(6)2-5(7)9-3;;/h6-13,15H,14H2,1-5H3,(H,24,25,26);4-8H,1-3H3;5-8,13H,3-4H2,1-2H3;3-6H,9H2,1-2H3;2H,1H3;1H;1H2. The molecule has 0 radical (unpaired) electrons. The maximum Gasteiger partial charge on any atom is 0.360 e. The van der Waals surface area contributed by atoms with E-state index < -0.39 is 13.1 Å². The maximum atomic E-state index is 12.5. The van der Waals surface area contributed by atoms with Gasteiger partial charge in [-0.05, 0) is 139 Å². The van der Waals surface area contributed by atoms with E-state index in [-0.39, 0.29) is 48.9 Å². The minimum absolute atomic E-state index is 0. The molecule has 0 saturated heterocycles. The number of nitrogens with zero attached hydrogens (tertiary/aromatic N) is 9. The molecule has 2 amide bonds. The number of phenolic OH excluding ortho intramolecular Hbond substituents is 1. The zero-order valence-electron chi connectivity index (χ0n) is 50.3. The highest BCUT2D eigenvalue weighted by Gasteiger charge is 2.18. The molecule has 6 N–H and O–H groups in total. The van der Waals surface area contributed by atoms with E-state index in [1.54, 1.807) is 96.7 Å². The third kappa shape index (κ3) is 25.3. The average molecular weight is 1290 g/mol. The van der Waals surface area contributed by atoms with Gasteiger partial charge in [0.15, 0.2) is 0 Å². The summed E-state index contributed by atoms with van der Waals surface area (Å²) in [6.07, 6.45) is 0.529. The predicted molar refractivity (Wildman–Crippen MR) is 353 cm³/mol. The molecular weight excluding hydrogens is 1220 g/mol. The fourth-order valence-corrected chi connectivity index (χ4v) is 9.57. The van der Waals surface area contributed by atoms with Gasteiger partial charge in [-0.25, -0.2) is 29.7 Å². The van der Waals surface area contributed by atoms with Crippen molar-refractivity contribution in [3.8, 4) is 17.4 Å². The van der Waals surface area contributed by atoms with Gasteiger partial charge in [-0.15, -0.1) is 17.5 Å². The number of nitrogens with two attached hydrogens (primary N) is 1. The quantitative estimate of drug-likeness (QED) is 0.0395. The van der Waals surface area contributed by atoms with E-state index in [4.69, 9.17) is 50.1 Å². The molecule has 25 heteroatoms. The van der Waals surface area contributed by atoms with Gasteiger partial charge in [-0.2, -0.15) is 4.98 Å². The summed E-state index contributed by atoms with van der Waals surface area (Å²) in [5, 5.41) is 17.5. The molecule has 0 spiro atoms. The number of nitrogens with one attached hydrogen (secondary N) is 1. The van der Waals surface area contributed by atoms with Gasteiger partial charge in [0.2, 0.25) is 5.88 Å². The van der Waals surface area contributed by atoms with E-state index in [0.29, 0.717) is 81.0 Å². The molecule has 0 fully saturated rings. The molecule has 8 aromatic rings. The predicted octanol–water partition coefficient (Wildman–Crippen LogP) is 12.1. The number of amides is 2. The third-order valence-electron chi connectivity index (χ3n) is 11.4. The number of carbonyl (C=O) groups is 3. The summed E-state index contributed by atoms with van der Waals surface area (Å²) in [6.45, 7) is 18.3. The van der Waals surface area contributed by atoms with Crippen LogP contribution in [-0.2, 0) is 15.8 Å². The Morgan fingerprint density at radius 3 is 1.64 bits per heavy atom. The number of hydroxylamine groups is 2. The molecule has 8 rings (SSSR count). The monoisotopic (exact) mass is 1290 g/mol. The van der Waals surface area contributed by atoms with Crippen molar-refractivity contribution in [2.75, 3.05) is 79.0 Å². The minimum Gasteiger partial charge on any atom is -0.507 e. The Hall–Kier alpha value is -7.31. The number of anilines is 3. The second-order valence-corrected chi connectivity index (χ2v) is 26.0. The van der Waals surface area contributed by atoms with Gasteiger partial charge in [0.1, 0.15) is 63.0 Å². The Bertz CT molecular complexity index is 3440. The SMILES string of the molecule is CCN(CC)OC(=O)c1ccccc1O.CP(C)c1ccc(N)cc1.Cc1nc(Cc2ccccc2C(=O)N(C)C)cc(Nc2ccc(P(C)(C)=O)cc2)n1.Cc1nc(Cl)cc(Cl)n1.Cc1nc(Cl)cc(Oc2ccccc2C(=O)N(C)C)n1.Cl.O. The Kier molecular flexibility index (Phi) is 31.9. The number of carbonyl (C=O) groups excluding carboxylic acids is 3. The first-order chi connectivity index (χ1) is 39.7. The topological polar surface area (TPSA) is 264 Å². The van der Waals surface area contributed by atoms with Crippen molar-refractivity contribution in [2.24, 2.45) is 0 Å². The Morgan fingerprint density at radius 1 is 0.640 bits per heavy atom. The molecule has 0 saturated carbocycles. The largest absolute Gasteiger partial charge is 0.507 e. The van der Waals surface area contributed by atoms with Crippen molar-refractivity contribution in [1.29, 1.82) is 0 Å². The number of rotatable bonds is 14. The lowest BCUT2D eigenvalue weighted by molar-refractivity contribution is -0.103. The number of halogens is 4. The zero-order valence-corrected chi connectivity index (χ0v) is 55.2. The highest BCUT2D eigenvalue weighted by Crippen LogP contribution is 2.35. The van der Waals surface area contributed by atoms with Crippen molar-refractivity contribution >= 4 is 108 Å². The van der Waals surface area contributed by atoms with E-state index in [1.165, 1.54) is 39.5 Å². The Balaban J connectivity index is 0.000000391. The number of aromatic nitrogens is 6. The van der Waals surface area contributed by atoms with Crippen LogP contribution in [0, 0.1) is 20.8 Å². The maximum absolute atomic E-state index is 12.5. The van der Waals surface area contributed by atoms with Gasteiger partial charge in [-0.1, -0.05) is 97.3 Å². The lowest BCUT2D eigenvalue weighted by Crippen LogP contribution is -2.26. The molecule has 0 aliphatic heterocycles. The lowest BCUT2D eigenvalue weighted by atomic mass is 10.0. The molecule has 460 valence electrons. The number of ether oxygens (including phenoxy) is 1. The van der Waals surface area contributed by atoms with Gasteiger partial charge in [0, 0.05) is 88.1 Å². The van der Waals surface area contributed by atoms with E-state index in [0.717, 1.165) is 27.9 Å². The number of hydrogen-bond donors (Lipinski definition) is 3. The number of phenols is 1. The minimum atomic E-state index is -2.28. The van der Waals surface area contributed by atoms with Gasteiger partial charge in [0.25, 0.3) is 11.8 Å². The molecule has 86 heavy (non-hydrogen) atoms. The van der Waals surface area contributed by atoms with Gasteiger partial charge in [-0.3, -0.25) is 9.59 Å². The van der Waals surface area contributed by atoms with Crippen LogP contribution >= 0.6 is 62.3 Å². The van der Waals surface area contributed by atoms with Gasteiger partial charge in [0.05, 0.1) is 11.3 Å². The smallest absolute Gasteiger partial charge is 0.360 e. The summed E-state index contributed by atoms with van der Waals surface area (Å²) in [6, 6.07) is 41.4. The van der Waals surface area contributed by atoms with Crippen LogP contribution in [0.2, 0.25) is 15.5 Å². The molecule has 0 aliphatic rings. The van der Waals surface area contributed by atoms with Gasteiger partial charge >= 0.3 is 5.97 Å². The molecule has 0 unspecified atom stereocenters. The summed E-state index contributed by atoms with van der Waals surface area (Å²) in [4.78, 5) is 69.0. The van der Waals surface area contributed by atoms with Crippen LogP contribution in [0.5, 0.6) is 17.4 Å². The fraction of sp³-hybridized carbons (Fsp3) is 0.262. The highest BCUT2D eigenvalue weighted by molar-refractivity contribution is 7.70. The van der Waals surface area contributed by atoms with E-state index >= 15 is 0 Å². The van der Waals surface area contributed by atoms with Crippen molar-refractivity contribution < 1.29 is 39.1 Å². The summed E-state index contributed by atoms with van der Waals surface area (Å²) in [5.74, 6) is 2.40. The number of hydrogen-bond acceptors (Lipinski definition) is 16. The Morgan fingerprint density at radius 2 is 1.13 bits per heavy atom. The van der Waals surface area contributed by atoms with Crippen molar-refractivity contribution in [1.82, 2.24) is 44.8 Å². The van der Waals surface area contributed by atoms with Crippen LogP contribution in [0.15, 0.2) is 140 Å². The summed E-state index contributed by atoms with van der Waals surface area (Å²) in [7, 11) is 4.62. The summed E-state index contributed by atoms with van der Waals surface area (Å²) in [5.41, 5.74) is 10.3. The number of nitrogen functional groups attached to an aromatic ring is 1. The third-order valence-corrected chi connectivity index (χ3v) is 14.9. The van der Waals surface area contributed by atoms with Crippen LogP contribution in [0.3, 0.4) is 0 Å². The van der Waals surface area contributed by atoms with Crippen LogP contribution in [0.1, 0.15) is 73.7 Å². The average Bonchev–Trinajstić information content (AvgIpc) is 3.64. The second kappa shape index (κ2) is 36.6. The molecule has 3 heterocycles. The molecule has 5 aromatic carbocycles. The first kappa shape index (κ1) is 74.8. The van der Waals surface area contributed by atoms with Crippen molar-refractivity contribution in [2.45, 2.75) is 41.0 Å². The molecule has 3 aromatic heterocycles. The Labute approximate surface area is 526 Å². The molecule has 0 atom stereocenters.